The molecule has 1 aliphatic heterocycles. The van der Waals surface area contributed by atoms with E-state index < -0.39 is 29.3 Å². The number of carbonyl (C=O) groups excluding carboxylic acids is 1. The summed E-state index contributed by atoms with van der Waals surface area (Å²) in [4.78, 5) is 12.7. The van der Waals surface area contributed by atoms with E-state index in [0.717, 1.165) is 5.56 Å². The first kappa shape index (κ1) is 25.1. The molecule has 2 heterocycles. The molecule has 4 unspecified atom stereocenters. The van der Waals surface area contributed by atoms with Crippen LogP contribution < -0.4 is 4.74 Å². The summed E-state index contributed by atoms with van der Waals surface area (Å²) in [7, 11) is 2.81. The van der Waals surface area contributed by atoms with E-state index in [0.29, 0.717) is 35.3 Å². The van der Waals surface area contributed by atoms with Crippen molar-refractivity contribution in [3.63, 3.8) is 0 Å². The second-order valence-corrected chi connectivity index (χ2v) is 9.31. The molecule has 5 rings (SSSR count). The third-order valence-corrected chi connectivity index (χ3v) is 7.37. The molecule has 8 nitrogen and oxygen atoms in total. The highest BCUT2D eigenvalue weighted by atomic mass is 19.4. The SMILES string of the molecule is COC(=O)C1CCC2(CC(c3cc(-n4nnnc4C(F)(F)F)ccc3OC)CO2)C1c1ccc(F)cc1. The molecule has 0 N–H and O–H groups in total. The van der Waals surface area contributed by atoms with Crippen molar-refractivity contribution in [3.05, 3.63) is 65.2 Å². The Labute approximate surface area is 209 Å². The van der Waals surface area contributed by atoms with E-state index in [4.69, 9.17) is 14.2 Å². The van der Waals surface area contributed by atoms with Crippen LogP contribution in [0, 0.1) is 11.7 Å². The van der Waals surface area contributed by atoms with E-state index in [1.54, 1.807) is 24.3 Å². The first-order chi connectivity index (χ1) is 17.7. The molecule has 1 spiro atoms. The average Bonchev–Trinajstić information content (AvgIpc) is 3.63. The summed E-state index contributed by atoms with van der Waals surface area (Å²) in [6.07, 6.45) is -3.17. The number of esters is 1. The third-order valence-electron chi connectivity index (χ3n) is 7.37. The molecule has 0 amide bonds. The molecular weight excluding hydrogens is 496 g/mol. The summed E-state index contributed by atoms with van der Waals surface area (Å²) in [6, 6.07) is 10.6. The number of tetrazole rings is 1. The normalized spacial score (nSPS) is 25.5. The molecular formula is C25H24F4N4O4. The van der Waals surface area contributed by atoms with E-state index in [1.165, 1.54) is 32.4 Å². The number of aromatic nitrogens is 4. The molecule has 3 aromatic rings. The average molecular weight is 520 g/mol. The first-order valence-corrected chi connectivity index (χ1v) is 11.7. The largest absolute Gasteiger partial charge is 0.496 e. The molecule has 196 valence electrons. The Morgan fingerprint density at radius 1 is 1.16 bits per heavy atom. The van der Waals surface area contributed by atoms with E-state index in [-0.39, 0.29) is 30.1 Å². The zero-order chi connectivity index (χ0) is 26.4. The smallest absolute Gasteiger partial charge is 0.453 e. The highest BCUT2D eigenvalue weighted by molar-refractivity contribution is 5.74. The summed E-state index contributed by atoms with van der Waals surface area (Å²) in [6.45, 7) is 0.257. The highest BCUT2D eigenvalue weighted by Gasteiger charge is 2.56. The molecule has 2 aliphatic rings. The number of carbonyl (C=O) groups is 1. The summed E-state index contributed by atoms with van der Waals surface area (Å²) < 4.78 is 71.5. The van der Waals surface area contributed by atoms with Crippen LogP contribution >= 0.6 is 0 Å². The highest BCUT2D eigenvalue weighted by Crippen LogP contribution is 2.57. The van der Waals surface area contributed by atoms with Gasteiger partial charge in [-0.1, -0.05) is 12.1 Å². The maximum absolute atomic E-state index is 13.7. The quantitative estimate of drug-likeness (QED) is 0.363. The number of rotatable bonds is 5. The Morgan fingerprint density at radius 2 is 1.92 bits per heavy atom. The number of ether oxygens (including phenoxy) is 3. The summed E-state index contributed by atoms with van der Waals surface area (Å²) >= 11 is 0. The van der Waals surface area contributed by atoms with Crippen molar-refractivity contribution in [2.45, 2.75) is 42.9 Å². The minimum absolute atomic E-state index is 0.128. The standard InChI is InChI=1S/C25H24F4N4O4/c1-35-20-8-7-17(33-23(25(27,28)29)30-31-32-33)11-19(20)15-12-24(37-13-15)10-9-18(22(34)36-2)21(24)14-3-5-16(26)6-4-14/h3-8,11,15,18,21H,9-10,12-13H2,1-2H3. The van der Waals surface area contributed by atoms with Gasteiger partial charge in [-0.25, -0.2) is 4.39 Å². The fourth-order valence-corrected chi connectivity index (χ4v) is 5.80. The lowest BCUT2D eigenvalue weighted by Gasteiger charge is -2.33. The Kier molecular flexibility index (Phi) is 6.38. The van der Waals surface area contributed by atoms with Gasteiger partial charge < -0.3 is 14.2 Å². The van der Waals surface area contributed by atoms with Gasteiger partial charge in [0.05, 0.1) is 38.0 Å². The Balaban J connectivity index is 1.51. The van der Waals surface area contributed by atoms with Crippen LogP contribution in [0.15, 0.2) is 42.5 Å². The van der Waals surface area contributed by atoms with Crippen molar-refractivity contribution in [2.75, 3.05) is 20.8 Å². The van der Waals surface area contributed by atoms with Gasteiger partial charge in [0, 0.05) is 17.4 Å². The fourth-order valence-electron chi connectivity index (χ4n) is 5.80. The van der Waals surface area contributed by atoms with Crippen LogP contribution in [-0.2, 0) is 20.4 Å². The zero-order valence-electron chi connectivity index (χ0n) is 20.0. The van der Waals surface area contributed by atoms with Crippen LogP contribution in [0.4, 0.5) is 17.6 Å². The number of benzene rings is 2. The lowest BCUT2D eigenvalue weighted by atomic mass is 9.76. The summed E-state index contributed by atoms with van der Waals surface area (Å²) in [5.41, 5.74) is 0.788. The van der Waals surface area contributed by atoms with Crippen molar-refractivity contribution in [1.82, 2.24) is 20.2 Å². The molecule has 2 aromatic carbocycles. The van der Waals surface area contributed by atoms with Crippen LogP contribution in [0.1, 0.15) is 48.0 Å². The van der Waals surface area contributed by atoms with E-state index in [1.807, 2.05) is 0 Å². The van der Waals surface area contributed by atoms with Gasteiger partial charge in [0.2, 0.25) is 0 Å². The van der Waals surface area contributed by atoms with E-state index in [9.17, 15) is 22.4 Å². The molecule has 37 heavy (non-hydrogen) atoms. The van der Waals surface area contributed by atoms with Crippen LogP contribution in [0.2, 0.25) is 0 Å². The first-order valence-electron chi connectivity index (χ1n) is 11.7. The maximum Gasteiger partial charge on any atom is 0.453 e. The van der Waals surface area contributed by atoms with Crippen molar-refractivity contribution in [3.8, 4) is 11.4 Å². The van der Waals surface area contributed by atoms with Gasteiger partial charge in [-0.15, -0.1) is 5.10 Å². The molecule has 2 fully saturated rings. The molecule has 1 saturated heterocycles. The second kappa shape index (κ2) is 9.40. The third kappa shape index (κ3) is 4.43. The number of nitrogens with zero attached hydrogens (tertiary/aromatic N) is 4. The second-order valence-electron chi connectivity index (χ2n) is 9.31. The van der Waals surface area contributed by atoms with Gasteiger partial charge in [0.1, 0.15) is 11.6 Å². The van der Waals surface area contributed by atoms with E-state index >= 15 is 0 Å². The number of alkyl halides is 3. The van der Waals surface area contributed by atoms with Crippen molar-refractivity contribution in [2.24, 2.45) is 5.92 Å². The van der Waals surface area contributed by atoms with Crippen molar-refractivity contribution < 1.29 is 36.6 Å². The monoisotopic (exact) mass is 520 g/mol. The molecule has 0 bridgehead atoms. The van der Waals surface area contributed by atoms with Crippen LogP contribution in [0.25, 0.3) is 5.69 Å². The van der Waals surface area contributed by atoms with Crippen LogP contribution in [0.5, 0.6) is 5.75 Å². The summed E-state index contributed by atoms with van der Waals surface area (Å²) in [5.74, 6) is -2.61. The number of hydrogen-bond acceptors (Lipinski definition) is 7. The minimum Gasteiger partial charge on any atom is -0.496 e. The molecule has 0 radical (unpaired) electrons. The molecule has 4 atom stereocenters. The lowest BCUT2D eigenvalue weighted by Crippen LogP contribution is -2.35. The molecule has 12 heteroatoms. The van der Waals surface area contributed by atoms with Crippen LogP contribution in [0.3, 0.4) is 0 Å². The fraction of sp³-hybridized carbons (Fsp3) is 0.440. The number of methoxy groups -OCH3 is 2. The van der Waals surface area contributed by atoms with Gasteiger partial charge in [-0.2, -0.15) is 17.9 Å². The molecule has 1 aliphatic carbocycles. The Hall–Kier alpha value is -3.54. The van der Waals surface area contributed by atoms with Gasteiger partial charge in [0.15, 0.2) is 0 Å². The maximum atomic E-state index is 13.7. The molecule has 1 saturated carbocycles. The van der Waals surface area contributed by atoms with Gasteiger partial charge in [-0.05, 0) is 65.6 Å². The van der Waals surface area contributed by atoms with Crippen LogP contribution in [-0.4, -0.2) is 52.6 Å². The summed E-state index contributed by atoms with van der Waals surface area (Å²) in [5, 5.41) is 9.84. The lowest BCUT2D eigenvalue weighted by molar-refractivity contribution is -0.147. The van der Waals surface area contributed by atoms with Gasteiger partial charge >= 0.3 is 12.1 Å². The van der Waals surface area contributed by atoms with Gasteiger partial charge in [-0.3, -0.25) is 4.79 Å². The number of hydrogen-bond donors (Lipinski definition) is 0. The zero-order valence-corrected chi connectivity index (χ0v) is 20.0. The minimum atomic E-state index is -4.74. The molecule has 1 aromatic heterocycles. The van der Waals surface area contributed by atoms with Gasteiger partial charge in [0.25, 0.3) is 5.82 Å². The topological polar surface area (TPSA) is 88.4 Å². The Morgan fingerprint density at radius 3 is 2.59 bits per heavy atom. The van der Waals surface area contributed by atoms with E-state index in [2.05, 4.69) is 15.5 Å². The van der Waals surface area contributed by atoms with Crippen molar-refractivity contribution in [1.29, 1.82) is 0 Å². The van der Waals surface area contributed by atoms with Crippen molar-refractivity contribution >= 4 is 5.97 Å². The predicted molar refractivity (Wildman–Crippen MR) is 121 cm³/mol. The predicted octanol–water partition coefficient (Wildman–Crippen LogP) is 4.44. The Bertz CT molecular complexity index is 1300. The number of halogens is 4.